The van der Waals surface area contributed by atoms with Crippen molar-refractivity contribution in [2.24, 2.45) is 0 Å². The maximum Gasteiger partial charge on any atom is 0.171 e. The van der Waals surface area contributed by atoms with Crippen LogP contribution in [0.5, 0.6) is 5.75 Å². The number of nitrogens with zero attached hydrogens (tertiary/aromatic N) is 2. The maximum absolute atomic E-state index is 6.40. The predicted molar refractivity (Wildman–Crippen MR) is 81.8 cm³/mol. The minimum Gasteiger partial charge on any atom is -0.482 e. The molecule has 0 fully saturated rings. The normalized spacial score (nSPS) is 20.3. The molecule has 2 heterocycles. The Labute approximate surface area is 129 Å². The zero-order valence-corrected chi connectivity index (χ0v) is 12.6. The lowest BCUT2D eigenvalue weighted by molar-refractivity contribution is 0.227. The minimum atomic E-state index is -0.103. The Morgan fingerprint density at radius 1 is 1.05 bits per heavy atom. The van der Waals surface area contributed by atoms with Gasteiger partial charge >= 0.3 is 0 Å². The first-order valence-corrected chi connectivity index (χ1v) is 7.99. The van der Waals surface area contributed by atoms with Crippen LogP contribution in [0.3, 0.4) is 0 Å². The van der Waals surface area contributed by atoms with Crippen LogP contribution < -0.4 is 4.74 Å². The number of fused-ring (bicyclic) bond motifs is 2. The fourth-order valence-corrected chi connectivity index (χ4v) is 3.50. The lowest BCUT2D eigenvalue weighted by Gasteiger charge is -2.13. The molecule has 0 radical (unpaired) electrons. The van der Waals surface area contributed by atoms with Crippen molar-refractivity contribution >= 4 is 11.6 Å². The summed E-state index contributed by atoms with van der Waals surface area (Å²) in [6.07, 6.45) is 6.34. The molecule has 4 rings (SSSR count). The van der Waals surface area contributed by atoms with Crippen LogP contribution in [0.15, 0.2) is 24.3 Å². The predicted octanol–water partition coefficient (Wildman–Crippen LogP) is 4.08. The fourth-order valence-electron chi connectivity index (χ4n) is 3.21. The van der Waals surface area contributed by atoms with Gasteiger partial charge in [-0.25, -0.2) is 9.97 Å². The van der Waals surface area contributed by atoms with Crippen molar-refractivity contribution in [1.82, 2.24) is 9.97 Å². The first-order chi connectivity index (χ1) is 10.3. The lowest BCUT2D eigenvalue weighted by atomic mass is 10.1. The Kier molecular flexibility index (Phi) is 3.30. The summed E-state index contributed by atoms with van der Waals surface area (Å²) in [7, 11) is 0. The van der Waals surface area contributed by atoms with Gasteiger partial charge in [0.25, 0.3) is 0 Å². The summed E-state index contributed by atoms with van der Waals surface area (Å²) in [5.41, 5.74) is 3.49. The van der Waals surface area contributed by atoms with E-state index in [0.29, 0.717) is 5.15 Å². The molecule has 1 aliphatic heterocycles. The highest BCUT2D eigenvalue weighted by molar-refractivity contribution is 6.30. The third kappa shape index (κ3) is 2.40. The quantitative estimate of drug-likeness (QED) is 0.588. The van der Waals surface area contributed by atoms with Crippen LogP contribution >= 0.6 is 11.6 Å². The second-order valence-corrected chi connectivity index (χ2v) is 6.13. The number of hydrogen-bond donors (Lipinski definition) is 0. The number of aryl methyl sites for hydroxylation is 1. The molecule has 1 aromatic heterocycles. The van der Waals surface area contributed by atoms with Crippen LogP contribution in [-0.4, -0.2) is 9.97 Å². The largest absolute Gasteiger partial charge is 0.482 e. The Bertz CT molecular complexity index is 661. The van der Waals surface area contributed by atoms with Crippen molar-refractivity contribution in [2.45, 2.75) is 44.6 Å². The van der Waals surface area contributed by atoms with E-state index in [0.717, 1.165) is 42.1 Å². The number of benzene rings is 1. The molecule has 1 aromatic carbocycles. The standard InChI is InChI=1S/C17H17ClN2O/c18-16-12-7-2-1-3-8-13(12)19-17(20-16)15-10-11-6-4-5-9-14(11)21-15/h4-6,9,15H,1-3,7-8,10H2. The number of ether oxygens (including phenoxy) is 1. The lowest BCUT2D eigenvalue weighted by Crippen LogP contribution is -2.12. The monoisotopic (exact) mass is 300 g/mol. The number of halogens is 1. The van der Waals surface area contributed by atoms with Crippen LogP contribution in [0.4, 0.5) is 0 Å². The van der Waals surface area contributed by atoms with Crippen molar-refractivity contribution in [3.05, 3.63) is 52.1 Å². The van der Waals surface area contributed by atoms with E-state index in [4.69, 9.17) is 21.3 Å². The highest BCUT2D eigenvalue weighted by Crippen LogP contribution is 2.36. The average molecular weight is 301 g/mol. The molecule has 1 unspecified atom stereocenters. The second kappa shape index (κ2) is 5.30. The topological polar surface area (TPSA) is 35.0 Å². The van der Waals surface area contributed by atoms with Crippen molar-refractivity contribution < 1.29 is 4.74 Å². The fraction of sp³-hybridized carbons (Fsp3) is 0.412. The van der Waals surface area contributed by atoms with Gasteiger partial charge in [0, 0.05) is 17.7 Å². The van der Waals surface area contributed by atoms with Crippen LogP contribution in [0.1, 0.15) is 48.0 Å². The van der Waals surface area contributed by atoms with Crippen LogP contribution in [0.2, 0.25) is 5.15 Å². The van der Waals surface area contributed by atoms with Gasteiger partial charge in [-0.1, -0.05) is 36.2 Å². The maximum atomic E-state index is 6.40. The van der Waals surface area contributed by atoms with E-state index in [1.807, 2.05) is 18.2 Å². The molecule has 1 atom stereocenters. The molecule has 2 aromatic rings. The van der Waals surface area contributed by atoms with E-state index in [-0.39, 0.29) is 6.10 Å². The number of aromatic nitrogens is 2. The van der Waals surface area contributed by atoms with Crippen molar-refractivity contribution in [3.8, 4) is 5.75 Å². The Morgan fingerprint density at radius 3 is 2.81 bits per heavy atom. The van der Waals surface area contributed by atoms with Gasteiger partial charge < -0.3 is 4.74 Å². The Balaban J connectivity index is 1.68. The second-order valence-electron chi connectivity index (χ2n) is 5.78. The van der Waals surface area contributed by atoms with E-state index in [9.17, 15) is 0 Å². The summed E-state index contributed by atoms with van der Waals surface area (Å²) in [6, 6.07) is 8.13. The van der Waals surface area contributed by atoms with Crippen molar-refractivity contribution in [2.75, 3.05) is 0 Å². The summed E-state index contributed by atoms with van der Waals surface area (Å²) >= 11 is 6.40. The molecule has 108 valence electrons. The molecule has 21 heavy (non-hydrogen) atoms. The molecular formula is C17H17ClN2O. The molecule has 2 aliphatic rings. The van der Waals surface area contributed by atoms with Gasteiger partial charge in [-0.15, -0.1) is 0 Å². The molecule has 0 saturated carbocycles. The molecule has 0 spiro atoms. The van der Waals surface area contributed by atoms with Gasteiger partial charge in [0.2, 0.25) is 0 Å². The average Bonchev–Trinajstić information content (AvgIpc) is 2.78. The number of para-hydroxylation sites is 1. The van der Waals surface area contributed by atoms with E-state index in [1.54, 1.807) is 0 Å². The minimum absolute atomic E-state index is 0.103. The summed E-state index contributed by atoms with van der Waals surface area (Å²) in [5.74, 6) is 1.68. The molecule has 0 amide bonds. The van der Waals surface area contributed by atoms with Gasteiger partial charge in [0.1, 0.15) is 10.9 Å². The van der Waals surface area contributed by atoms with Gasteiger partial charge in [0.05, 0.1) is 0 Å². The van der Waals surface area contributed by atoms with Gasteiger partial charge in [0.15, 0.2) is 11.9 Å². The van der Waals surface area contributed by atoms with Gasteiger partial charge in [-0.3, -0.25) is 0 Å². The number of hydrogen-bond acceptors (Lipinski definition) is 3. The van der Waals surface area contributed by atoms with Crippen molar-refractivity contribution in [1.29, 1.82) is 0 Å². The van der Waals surface area contributed by atoms with E-state index in [1.165, 1.54) is 24.8 Å². The zero-order valence-electron chi connectivity index (χ0n) is 11.8. The molecule has 0 saturated heterocycles. The highest BCUT2D eigenvalue weighted by Gasteiger charge is 2.28. The van der Waals surface area contributed by atoms with Gasteiger partial charge in [-0.2, -0.15) is 0 Å². The molecule has 4 heteroatoms. The zero-order chi connectivity index (χ0) is 14.2. The molecular weight excluding hydrogens is 284 g/mol. The van der Waals surface area contributed by atoms with E-state index >= 15 is 0 Å². The Morgan fingerprint density at radius 2 is 1.90 bits per heavy atom. The third-order valence-electron chi connectivity index (χ3n) is 4.34. The SMILES string of the molecule is Clc1nc(C2Cc3ccccc3O2)nc2c1CCCCC2. The van der Waals surface area contributed by atoms with Crippen LogP contribution in [-0.2, 0) is 19.3 Å². The van der Waals surface area contributed by atoms with E-state index in [2.05, 4.69) is 11.1 Å². The Hall–Kier alpha value is -1.61. The molecule has 3 nitrogen and oxygen atoms in total. The van der Waals surface area contributed by atoms with E-state index < -0.39 is 0 Å². The number of rotatable bonds is 1. The summed E-state index contributed by atoms with van der Waals surface area (Å²) in [5, 5.41) is 0.622. The van der Waals surface area contributed by atoms with Crippen LogP contribution in [0.25, 0.3) is 0 Å². The molecule has 0 N–H and O–H groups in total. The smallest absolute Gasteiger partial charge is 0.171 e. The molecule has 1 aliphatic carbocycles. The van der Waals surface area contributed by atoms with Gasteiger partial charge in [-0.05, 0) is 37.3 Å². The molecule has 0 bridgehead atoms. The summed E-state index contributed by atoms with van der Waals surface area (Å²) in [4.78, 5) is 9.30. The third-order valence-corrected chi connectivity index (χ3v) is 4.65. The summed E-state index contributed by atoms with van der Waals surface area (Å²) < 4.78 is 5.99. The first-order valence-electron chi connectivity index (χ1n) is 7.61. The summed E-state index contributed by atoms with van der Waals surface area (Å²) in [6.45, 7) is 0. The first kappa shape index (κ1) is 13.1. The van der Waals surface area contributed by atoms with Crippen LogP contribution in [0, 0.1) is 0 Å². The highest BCUT2D eigenvalue weighted by atomic mass is 35.5. The van der Waals surface area contributed by atoms with Crippen molar-refractivity contribution in [3.63, 3.8) is 0 Å².